The van der Waals surface area contributed by atoms with Gasteiger partial charge in [-0.05, 0) is 44.5 Å². The van der Waals surface area contributed by atoms with Crippen LogP contribution in [0.3, 0.4) is 0 Å². The molecule has 3 aromatic rings. The molecule has 146 valence electrons. The van der Waals surface area contributed by atoms with Crippen molar-refractivity contribution in [3.8, 4) is 11.5 Å². The minimum absolute atomic E-state index is 0.682. The van der Waals surface area contributed by atoms with E-state index >= 15 is 0 Å². The van der Waals surface area contributed by atoms with Crippen LogP contribution in [0.15, 0.2) is 47.1 Å². The van der Waals surface area contributed by atoms with Crippen molar-refractivity contribution in [3.63, 3.8) is 0 Å². The maximum absolute atomic E-state index is 5.69. The van der Waals surface area contributed by atoms with Gasteiger partial charge in [-0.15, -0.1) is 0 Å². The predicted octanol–water partition coefficient (Wildman–Crippen LogP) is 3.54. The standard InChI is InChI=1S/C22H27N5O/c1-17-6-5-9-26(17)14-19-12-21-15-25(10-11-27(21)24-19)13-20-16-28-22(23-20)18-7-3-2-4-8-18/h2-4,7-8,12,16-17H,5-6,9-11,13-15H2,1H3. The molecule has 0 saturated carbocycles. The zero-order valence-electron chi connectivity index (χ0n) is 16.4. The summed E-state index contributed by atoms with van der Waals surface area (Å²) in [7, 11) is 0. The fourth-order valence-corrected chi connectivity index (χ4v) is 4.35. The van der Waals surface area contributed by atoms with E-state index in [4.69, 9.17) is 9.52 Å². The SMILES string of the molecule is CC1CCCN1Cc1cc2n(n1)CCN(Cc1coc(-c3ccccc3)n1)C2. The second kappa shape index (κ2) is 7.53. The summed E-state index contributed by atoms with van der Waals surface area (Å²) in [5.74, 6) is 0.694. The Morgan fingerprint density at radius 3 is 2.79 bits per heavy atom. The topological polar surface area (TPSA) is 50.3 Å². The van der Waals surface area contributed by atoms with E-state index in [9.17, 15) is 0 Å². The lowest BCUT2D eigenvalue weighted by Crippen LogP contribution is -2.33. The van der Waals surface area contributed by atoms with Gasteiger partial charge in [-0.2, -0.15) is 5.10 Å². The normalized spacial score (nSPS) is 20.5. The van der Waals surface area contributed by atoms with E-state index in [0.29, 0.717) is 11.9 Å². The van der Waals surface area contributed by atoms with Gasteiger partial charge in [0.2, 0.25) is 5.89 Å². The molecule has 1 saturated heterocycles. The molecule has 6 heteroatoms. The minimum Gasteiger partial charge on any atom is -0.444 e. The third-order valence-electron chi connectivity index (χ3n) is 5.94. The molecule has 0 N–H and O–H groups in total. The Balaban J connectivity index is 1.23. The highest BCUT2D eigenvalue weighted by atomic mass is 16.3. The average Bonchev–Trinajstić information content (AvgIpc) is 3.43. The van der Waals surface area contributed by atoms with Gasteiger partial charge in [0.15, 0.2) is 0 Å². The van der Waals surface area contributed by atoms with Gasteiger partial charge in [-0.25, -0.2) is 4.98 Å². The average molecular weight is 377 g/mol. The Hall–Kier alpha value is -2.44. The summed E-state index contributed by atoms with van der Waals surface area (Å²) in [6.07, 6.45) is 4.41. The molecule has 4 heterocycles. The van der Waals surface area contributed by atoms with Gasteiger partial charge >= 0.3 is 0 Å². The van der Waals surface area contributed by atoms with E-state index < -0.39 is 0 Å². The Morgan fingerprint density at radius 2 is 1.96 bits per heavy atom. The first-order chi connectivity index (χ1) is 13.7. The molecule has 2 aliphatic rings. The van der Waals surface area contributed by atoms with Crippen molar-refractivity contribution in [1.82, 2.24) is 24.6 Å². The van der Waals surface area contributed by atoms with Crippen molar-refractivity contribution >= 4 is 0 Å². The van der Waals surface area contributed by atoms with Gasteiger partial charge in [0, 0.05) is 37.8 Å². The van der Waals surface area contributed by atoms with Crippen LogP contribution < -0.4 is 0 Å². The molecule has 1 fully saturated rings. The van der Waals surface area contributed by atoms with Gasteiger partial charge < -0.3 is 4.42 Å². The third kappa shape index (κ3) is 3.62. The van der Waals surface area contributed by atoms with E-state index in [1.807, 2.05) is 30.3 Å². The smallest absolute Gasteiger partial charge is 0.226 e. The zero-order valence-corrected chi connectivity index (χ0v) is 16.4. The number of fused-ring (bicyclic) bond motifs is 1. The second-order valence-corrected chi connectivity index (χ2v) is 8.03. The summed E-state index contributed by atoms with van der Waals surface area (Å²) in [4.78, 5) is 9.65. The van der Waals surface area contributed by atoms with Crippen LogP contribution in [-0.4, -0.2) is 43.7 Å². The lowest BCUT2D eigenvalue weighted by atomic mass is 10.2. The molecule has 1 unspecified atom stereocenters. The lowest BCUT2D eigenvalue weighted by molar-refractivity contribution is 0.202. The van der Waals surface area contributed by atoms with E-state index in [-0.39, 0.29) is 0 Å². The predicted molar refractivity (Wildman–Crippen MR) is 107 cm³/mol. The largest absolute Gasteiger partial charge is 0.444 e. The van der Waals surface area contributed by atoms with Crippen LogP contribution in [0, 0.1) is 0 Å². The molecule has 0 radical (unpaired) electrons. The van der Waals surface area contributed by atoms with Gasteiger partial charge in [-0.3, -0.25) is 14.5 Å². The molecule has 1 atom stereocenters. The Labute approximate surface area is 165 Å². The second-order valence-electron chi connectivity index (χ2n) is 8.03. The van der Waals surface area contributed by atoms with Crippen LogP contribution in [0.25, 0.3) is 11.5 Å². The molecule has 2 aliphatic heterocycles. The lowest BCUT2D eigenvalue weighted by Gasteiger charge is -2.26. The molecule has 28 heavy (non-hydrogen) atoms. The number of nitrogens with zero attached hydrogens (tertiary/aromatic N) is 5. The van der Waals surface area contributed by atoms with Crippen molar-refractivity contribution in [1.29, 1.82) is 0 Å². The number of aromatic nitrogens is 3. The Bertz CT molecular complexity index is 932. The van der Waals surface area contributed by atoms with Crippen LogP contribution in [0.4, 0.5) is 0 Å². The maximum atomic E-state index is 5.69. The summed E-state index contributed by atoms with van der Waals surface area (Å²) in [6.45, 7) is 8.15. The van der Waals surface area contributed by atoms with Gasteiger partial charge in [0.05, 0.1) is 23.6 Å². The van der Waals surface area contributed by atoms with E-state index in [1.54, 1.807) is 6.26 Å². The Kier molecular flexibility index (Phi) is 4.74. The van der Waals surface area contributed by atoms with Crippen molar-refractivity contribution in [2.45, 2.75) is 52.0 Å². The zero-order chi connectivity index (χ0) is 18.9. The summed E-state index contributed by atoms with van der Waals surface area (Å²) in [5, 5.41) is 4.85. The van der Waals surface area contributed by atoms with Gasteiger partial charge in [-0.1, -0.05) is 18.2 Å². The van der Waals surface area contributed by atoms with E-state index in [2.05, 4.69) is 32.5 Å². The summed E-state index contributed by atoms with van der Waals surface area (Å²) >= 11 is 0. The first kappa shape index (κ1) is 17.6. The number of hydrogen-bond acceptors (Lipinski definition) is 5. The highest BCUT2D eigenvalue weighted by Crippen LogP contribution is 2.22. The fourth-order valence-electron chi connectivity index (χ4n) is 4.35. The molecule has 2 aromatic heterocycles. The van der Waals surface area contributed by atoms with Crippen LogP contribution in [0.5, 0.6) is 0 Å². The van der Waals surface area contributed by atoms with Crippen molar-refractivity contribution in [2.24, 2.45) is 0 Å². The monoisotopic (exact) mass is 377 g/mol. The first-order valence-electron chi connectivity index (χ1n) is 10.3. The molecule has 0 spiro atoms. The molecule has 1 aromatic carbocycles. The molecule has 6 nitrogen and oxygen atoms in total. The molecule has 5 rings (SSSR count). The summed E-state index contributed by atoms with van der Waals surface area (Å²) in [5.41, 5.74) is 4.52. The van der Waals surface area contributed by atoms with Gasteiger partial charge in [0.1, 0.15) is 6.26 Å². The van der Waals surface area contributed by atoms with Crippen molar-refractivity contribution < 1.29 is 4.42 Å². The number of oxazole rings is 1. The molecular weight excluding hydrogens is 350 g/mol. The third-order valence-corrected chi connectivity index (χ3v) is 5.94. The quantitative estimate of drug-likeness (QED) is 0.681. The number of hydrogen-bond donors (Lipinski definition) is 0. The van der Waals surface area contributed by atoms with E-state index in [0.717, 1.165) is 44.0 Å². The van der Waals surface area contributed by atoms with Crippen molar-refractivity contribution in [3.05, 3.63) is 59.7 Å². The molecule has 0 amide bonds. The maximum Gasteiger partial charge on any atom is 0.226 e. The summed E-state index contributed by atoms with van der Waals surface area (Å²) in [6, 6.07) is 13.0. The number of likely N-dealkylation sites (tertiary alicyclic amines) is 1. The molecular formula is C22H27N5O. The van der Waals surface area contributed by atoms with Crippen LogP contribution in [0.1, 0.15) is 36.8 Å². The highest BCUT2D eigenvalue weighted by Gasteiger charge is 2.24. The number of rotatable bonds is 5. The van der Waals surface area contributed by atoms with Crippen LogP contribution in [-0.2, 0) is 26.2 Å². The highest BCUT2D eigenvalue weighted by molar-refractivity contribution is 5.52. The number of benzene rings is 1. The molecule has 0 aliphatic carbocycles. The minimum atomic E-state index is 0.682. The van der Waals surface area contributed by atoms with Crippen LogP contribution >= 0.6 is 0 Å². The van der Waals surface area contributed by atoms with Gasteiger partial charge in [0.25, 0.3) is 0 Å². The van der Waals surface area contributed by atoms with Crippen LogP contribution in [0.2, 0.25) is 0 Å². The van der Waals surface area contributed by atoms with Crippen molar-refractivity contribution in [2.75, 3.05) is 13.1 Å². The summed E-state index contributed by atoms with van der Waals surface area (Å²) < 4.78 is 7.87. The fraction of sp³-hybridized carbons (Fsp3) is 0.455. The first-order valence-corrected chi connectivity index (χ1v) is 10.3. The Morgan fingerprint density at radius 1 is 1.07 bits per heavy atom. The molecule has 0 bridgehead atoms. The van der Waals surface area contributed by atoms with E-state index in [1.165, 1.54) is 30.8 Å².